The molecule has 0 fully saturated rings. The molecule has 2 heterocycles. The van der Waals surface area contributed by atoms with Crippen molar-refractivity contribution >= 4 is 27.7 Å². The fourth-order valence-electron chi connectivity index (χ4n) is 1.66. The van der Waals surface area contributed by atoms with E-state index < -0.39 is 0 Å². The maximum atomic E-state index is 12.3. The van der Waals surface area contributed by atoms with Crippen LogP contribution in [-0.4, -0.2) is 27.8 Å². The van der Waals surface area contributed by atoms with Crippen molar-refractivity contribution in [2.24, 2.45) is 0 Å². The molecule has 19 heavy (non-hydrogen) atoms. The van der Waals surface area contributed by atoms with Crippen LogP contribution < -0.4 is 5.73 Å². The zero-order chi connectivity index (χ0) is 13.8. The number of nitrogen functional groups attached to an aromatic ring is 1. The number of halogens is 1. The number of hydrogen-bond acceptors (Lipinski definition) is 4. The van der Waals surface area contributed by atoms with Crippen LogP contribution in [0.25, 0.3) is 0 Å². The van der Waals surface area contributed by atoms with Gasteiger partial charge < -0.3 is 10.6 Å². The van der Waals surface area contributed by atoms with Gasteiger partial charge in [0.15, 0.2) is 0 Å². The van der Waals surface area contributed by atoms with E-state index in [-0.39, 0.29) is 11.7 Å². The van der Waals surface area contributed by atoms with Crippen molar-refractivity contribution in [3.05, 3.63) is 52.4 Å². The molecule has 0 aliphatic carbocycles. The van der Waals surface area contributed by atoms with Crippen LogP contribution in [0.2, 0.25) is 0 Å². The second-order valence-corrected chi connectivity index (χ2v) is 5.02. The summed E-state index contributed by atoms with van der Waals surface area (Å²) in [5.41, 5.74) is 7.08. The first-order valence-corrected chi connectivity index (χ1v) is 6.42. The van der Waals surface area contributed by atoms with Crippen LogP contribution in [0.15, 0.2) is 41.3 Å². The first kappa shape index (κ1) is 13.5. The molecule has 0 aliphatic heterocycles. The highest BCUT2D eigenvalue weighted by Gasteiger charge is 2.16. The zero-order valence-corrected chi connectivity index (χ0v) is 12.0. The average Bonchev–Trinajstić information content (AvgIpc) is 2.42. The molecule has 0 saturated carbocycles. The molecule has 2 N–H and O–H groups in total. The Hall–Kier alpha value is -1.95. The summed E-state index contributed by atoms with van der Waals surface area (Å²) >= 11 is 3.28. The fourth-order valence-corrected chi connectivity index (χ4v) is 2.00. The number of pyridine rings is 2. The minimum Gasteiger partial charge on any atom is -0.383 e. The van der Waals surface area contributed by atoms with Gasteiger partial charge in [0, 0.05) is 36.7 Å². The van der Waals surface area contributed by atoms with Crippen LogP contribution in [0.1, 0.15) is 15.9 Å². The molecule has 2 rings (SSSR count). The van der Waals surface area contributed by atoms with Crippen LogP contribution in [0.4, 0.5) is 5.82 Å². The number of amides is 1. The highest BCUT2D eigenvalue weighted by Crippen LogP contribution is 2.17. The molecule has 98 valence electrons. The highest BCUT2D eigenvalue weighted by molar-refractivity contribution is 9.10. The largest absolute Gasteiger partial charge is 0.383 e. The van der Waals surface area contributed by atoms with Crippen LogP contribution in [-0.2, 0) is 6.54 Å². The topological polar surface area (TPSA) is 72.1 Å². The molecule has 1 amide bonds. The third kappa shape index (κ3) is 3.29. The first-order valence-electron chi connectivity index (χ1n) is 5.63. The highest BCUT2D eigenvalue weighted by atomic mass is 79.9. The molecule has 2 aromatic heterocycles. The second-order valence-electron chi connectivity index (χ2n) is 4.11. The van der Waals surface area contributed by atoms with Crippen molar-refractivity contribution in [2.45, 2.75) is 6.54 Å². The van der Waals surface area contributed by atoms with Gasteiger partial charge in [-0.1, -0.05) is 6.07 Å². The number of nitrogens with zero attached hydrogens (tertiary/aromatic N) is 3. The van der Waals surface area contributed by atoms with E-state index in [4.69, 9.17) is 5.73 Å². The lowest BCUT2D eigenvalue weighted by molar-refractivity contribution is 0.0785. The molecular weight excluding hydrogens is 308 g/mol. The number of hydrogen-bond donors (Lipinski definition) is 1. The molecule has 0 aliphatic rings. The maximum Gasteiger partial charge on any atom is 0.257 e. The Morgan fingerprint density at radius 2 is 2.26 bits per heavy atom. The van der Waals surface area contributed by atoms with E-state index in [9.17, 15) is 4.79 Å². The van der Waals surface area contributed by atoms with Crippen molar-refractivity contribution in [1.82, 2.24) is 14.9 Å². The van der Waals surface area contributed by atoms with Gasteiger partial charge in [-0.15, -0.1) is 0 Å². The lowest BCUT2D eigenvalue weighted by Crippen LogP contribution is -2.27. The molecule has 6 heteroatoms. The predicted molar refractivity (Wildman–Crippen MR) is 76.4 cm³/mol. The van der Waals surface area contributed by atoms with Gasteiger partial charge in [-0.2, -0.15) is 0 Å². The van der Waals surface area contributed by atoms with Crippen LogP contribution in [0.3, 0.4) is 0 Å². The molecule has 0 saturated heterocycles. The summed E-state index contributed by atoms with van der Waals surface area (Å²) in [6.45, 7) is 0.471. The Kier molecular flexibility index (Phi) is 4.11. The monoisotopic (exact) mass is 320 g/mol. The van der Waals surface area contributed by atoms with Gasteiger partial charge in [-0.25, -0.2) is 4.98 Å². The van der Waals surface area contributed by atoms with Crippen molar-refractivity contribution in [3.8, 4) is 0 Å². The predicted octanol–water partition coefficient (Wildman–Crippen LogP) is 2.09. The summed E-state index contributed by atoms with van der Waals surface area (Å²) in [5.74, 6) is 0.0568. The summed E-state index contributed by atoms with van der Waals surface area (Å²) in [5, 5.41) is 0. The number of rotatable bonds is 3. The summed E-state index contributed by atoms with van der Waals surface area (Å²) in [6.07, 6.45) is 4.99. The third-order valence-corrected chi connectivity index (χ3v) is 3.04. The number of carbonyl (C=O) groups is 1. The Bertz CT molecular complexity index is 588. The Morgan fingerprint density at radius 3 is 2.95 bits per heavy atom. The Balaban J connectivity index is 2.17. The van der Waals surface area contributed by atoms with Gasteiger partial charge in [0.2, 0.25) is 0 Å². The minimum atomic E-state index is -0.171. The molecule has 0 spiro atoms. The van der Waals surface area contributed by atoms with Crippen molar-refractivity contribution in [1.29, 1.82) is 0 Å². The third-order valence-electron chi connectivity index (χ3n) is 2.60. The quantitative estimate of drug-likeness (QED) is 0.940. The first-order chi connectivity index (χ1) is 9.08. The van der Waals surface area contributed by atoms with Crippen molar-refractivity contribution in [3.63, 3.8) is 0 Å². The van der Waals surface area contributed by atoms with Crippen molar-refractivity contribution in [2.75, 3.05) is 12.8 Å². The Labute approximate surface area is 119 Å². The lowest BCUT2D eigenvalue weighted by Gasteiger charge is -2.17. The van der Waals surface area contributed by atoms with E-state index in [0.717, 1.165) is 10.0 Å². The normalized spacial score (nSPS) is 10.2. The van der Waals surface area contributed by atoms with Gasteiger partial charge in [-0.05, 0) is 33.6 Å². The molecular formula is C13H13BrN4O. The van der Waals surface area contributed by atoms with Crippen LogP contribution in [0.5, 0.6) is 0 Å². The number of nitrogens with two attached hydrogens (primary N) is 1. The summed E-state index contributed by atoms with van der Waals surface area (Å²) < 4.78 is 0.722. The Morgan fingerprint density at radius 1 is 1.47 bits per heavy atom. The van der Waals surface area contributed by atoms with Gasteiger partial charge >= 0.3 is 0 Å². The number of aromatic nitrogens is 2. The van der Waals surface area contributed by atoms with E-state index in [2.05, 4.69) is 25.9 Å². The van der Waals surface area contributed by atoms with Gasteiger partial charge in [-0.3, -0.25) is 9.78 Å². The smallest absolute Gasteiger partial charge is 0.257 e. The van der Waals surface area contributed by atoms with E-state index >= 15 is 0 Å². The zero-order valence-electron chi connectivity index (χ0n) is 10.4. The van der Waals surface area contributed by atoms with Crippen LogP contribution in [0, 0.1) is 0 Å². The van der Waals surface area contributed by atoms with Crippen LogP contribution >= 0.6 is 15.9 Å². The summed E-state index contributed by atoms with van der Waals surface area (Å²) in [4.78, 5) is 21.8. The average molecular weight is 321 g/mol. The van der Waals surface area contributed by atoms with Gasteiger partial charge in [0.25, 0.3) is 5.91 Å². The maximum absolute atomic E-state index is 12.3. The molecule has 0 aromatic carbocycles. The molecule has 0 atom stereocenters. The van der Waals surface area contributed by atoms with Gasteiger partial charge in [0.1, 0.15) is 5.82 Å². The van der Waals surface area contributed by atoms with E-state index in [1.165, 1.54) is 0 Å². The number of carbonyl (C=O) groups excluding carboxylic acids is 1. The second kappa shape index (κ2) is 5.79. The molecule has 0 unspecified atom stereocenters. The molecule has 0 radical (unpaired) electrons. The van der Waals surface area contributed by atoms with E-state index in [0.29, 0.717) is 12.1 Å². The SMILES string of the molecule is CN(Cc1cccnc1)C(=O)c1cc(Br)cnc1N. The van der Waals surface area contributed by atoms with Gasteiger partial charge in [0.05, 0.1) is 5.56 Å². The molecule has 2 aromatic rings. The summed E-state index contributed by atoms with van der Waals surface area (Å²) in [6, 6.07) is 5.42. The molecule has 0 bridgehead atoms. The lowest BCUT2D eigenvalue weighted by atomic mass is 10.2. The minimum absolute atomic E-state index is 0.171. The van der Waals surface area contributed by atoms with E-state index in [1.807, 2.05) is 12.1 Å². The van der Waals surface area contributed by atoms with E-state index in [1.54, 1.807) is 36.6 Å². The summed E-state index contributed by atoms with van der Waals surface area (Å²) in [7, 11) is 1.72. The molecule has 5 nitrogen and oxygen atoms in total. The standard InChI is InChI=1S/C13H13BrN4O/c1-18(8-9-3-2-4-16-6-9)13(19)11-5-10(14)7-17-12(11)15/h2-7H,8H2,1H3,(H2,15,17). The number of anilines is 1. The fraction of sp³-hybridized carbons (Fsp3) is 0.154. The van der Waals surface area contributed by atoms with Crippen molar-refractivity contribution < 1.29 is 4.79 Å².